The van der Waals surface area contributed by atoms with Crippen molar-refractivity contribution in [2.45, 2.75) is 32.5 Å². The summed E-state index contributed by atoms with van der Waals surface area (Å²) in [6.45, 7) is 8.92. The molecule has 1 aliphatic heterocycles. The predicted octanol–water partition coefficient (Wildman–Crippen LogP) is 2.32. The van der Waals surface area contributed by atoms with Crippen molar-refractivity contribution >= 4 is 12.4 Å². The van der Waals surface area contributed by atoms with Crippen LogP contribution in [-0.4, -0.2) is 50.4 Å². The van der Waals surface area contributed by atoms with Gasteiger partial charge in [0.25, 0.3) is 0 Å². The third-order valence-corrected chi connectivity index (χ3v) is 3.76. The smallest absolute Gasteiger partial charge is 0.119 e. The number of hydrogen-bond acceptors (Lipinski definition) is 4. The minimum absolute atomic E-state index is 0. The van der Waals surface area contributed by atoms with Crippen LogP contribution in [0.25, 0.3) is 0 Å². The average molecular weight is 315 g/mol. The van der Waals surface area contributed by atoms with Crippen molar-refractivity contribution in [3.63, 3.8) is 0 Å². The monoisotopic (exact) mass is 314 g/mol. The molecule has 0 bridgehead atoms. The van der Waals surface area contributed by atoms with Crippen LogP contribution in [0.5, 0.6) is 5.75 Å². The van der Waals surface area contributed by atoms with E-state index in [0.29, 0.717) is 25.3 Å². The Balaban J connectivity index is 0.00000220. The Morgan fingerprint density at radius 3 is 2.57 bits per heavy atom. The van der Waals surface area contributed by atoms with Gasteiger partial charge in [0.15, 0.2) is 0 Å². The number of piperazine rings is 1. The summed E-state index contributed by atoms with van der Waals surface area (Å²) in [5.74, 6) is 0.910. The fourth-order valence-corrected chi connectivity index (χ4v) is 2.49. The van der Waals surface area contributed by atoms with E-state index in [4.69, 9.17) is 9.47 Å². The number of nitrogens with zero attached hydrogens (tertiary/aromatic N) is 1. The van der Waals surface area contributed by atoms with E-state index in [1.54, 1.807) is 7.11 Å². The van der Waals surface area contributed by atoms with Gasteiger partial charge in [-0.15, -0.1) is 12.4 Å². The topological polar surface area (TPSA) is 33.7 Å². The maximum absolute atomic E-state index is 5.58. The molecule has 1 fully saturated rings. The van der Waals surface area contributed by atoms with Gasteiger partial charge in [0.2, 0.25) is 0 Å². The van der Waals surface area contributed by atoms with Gasteiger partial charge < -0.3 is 14.8 Å². The Labute approximate surface area is 134 Å². The number of halogens is 1. The fourth-order valence-electron chi connectivity index (χ4n) is 2.49. The zero-order valence-electron chi connectivity index (χ0n) is 13.2. The van der Waals surface area contributed by atoms with Crippen molar-refractivity contribution in [3.8, 4) is 5.75 Å². The number of rotatable bonds is 6. The van der Waals surface area contributed by atoms with Crippen LogP contribution in [0, 0.1) is 0 Å². The van der Waals surface area contributed by atoms with E-state index >= 15 is 0 Å². The molecule has 5 heteroatoms. The third-order valence-electron chi connectivity index (χ3n) is 3.76. The van der Waals surface area contributed by atoms with E-state index in [-0.39, 0.29) is 12.4 Å². The number of methoxy groups -OCH3 is 1. The number of benzene rings is 1. The molecule has 21 heavy (non-hydrogen) atoms. The molecule has 0 amide bonds. The number of ether oxygens (including phenoxy) is 2. The van der Waals surface area contributed by atoms with Crippen molar-refractivity contribution in [1.29, 1.82) is 0 Å². The molecular formula is C16H27ClN2O2. The predicted molar refractivity (Wildman–Crippen MR) is 88.4 cm³/mol. The minimum Gasteiger partial charge on any atom is -0.491 e. The van der Waals surface area contributed by atoms with E-state index in [1.165, 1.54) is 5.56 Å². The first-order valence-corrected chi connectivity index (χ1v) is 7.37. The van der Waals surface area contributed by atoms with Crippen molar-refractivity contribution in [1.82, 2.24) is 10.2 Å². The summed E-state index contributed by atoms with van der Waals surface area (Å²) in [6.07, 6.45) is 0. The van der Waals surface area contributed by atoms with Gasteiger partial charge in [0, 0.05) is 38.8 Å². The summed E-state index contributed by atoms with van der Waals surface area (Å²) in [5, 5.41) is 3.51. The molecule has 0 saturated carbocycles. The molecule has 4 nitrogen and oxygen atoms in total. The Bertz CT molecular complexity index is 400. The van der Waals surface area contributed by atoms with Gasteiger partial charge >= 0.3 is 0 Å². The van der Waals surface area contributed by atoms with Crippen LogP contribution >= 0.6 is 12.4 Å². The molecule has 2 atom stereocenters. The summed E-state index contributed by atoms with van der Waals surface area (Å²) in [7, 11) is 1.68. The van der Waals surface area contributed by atoms with Crippen molar-refractivity contribution in [2.24, 2.45) is 0 Å². The minimum atomic E-state index is 0. The molecule has 1 heterocycles. The van der Waals surface area contributed by atoms with E-state index < -0.39 is 0 Å². The highest BCUT2D eigenvalue weighted by Crippen LogP contribution is 2.16. The van der Waals surface area contributed by atoms with Crippen LogP contribution in [0.2, 0.25) is 0 Å². The van der Waals surface area contributed by atoms with Gasteiger partial charge in [0.05, 0.1) is 6.61 Å². The lowest BCUT2D eigenvalue weighted by molar-refractivity contribution is 0.138. The first-order chi connectivity index (χ1) is 9.69. The van der Waals surface area contributed by atoms with Gasteiger partial charge in [-0.3, -0.25) is 4.90 Å². The van der Waals surface area contributed by atoms with Gasteiger partial charge in [-0.2, -0.15) is 0 Å². The lowest BCUT2D eigenvalue weighted by Gasteiger charge is -2.37. The molecule has 0 spiro atoms. The Morgan fingerprint density at radius 1 is 1.19 bits per heavy atom. The molecule has 1 aromatic rings. The van der Waals surface area contributed by atoms with E-state index in [1.807, 2.05) is 12.1 Å². The lowest BCUT2D eigenvalue weighted by atomic mass is 10.1. The van der Waals surface area contributed by atoms with Crippen molar-refractivity contribution in [2.75, 3.05) is 33.4 Å². The maximum Gasteiger partial charge on any atom is 0.119 e. The van der Waals surface area contributed by atoms with E-state index in [0.717, 1.165) is 25.4 Å². The molecule has 0 aromatic heterocycles. The van der Waals surface area contributed by atoms with Crippen LogP contribution < -0.4 is 10.1 Å². The largest absolute Gasteiger partial charge is 0.491 e. The van der Waals surface area contributed by atoms with Gasteiger partial charge in [0.1, 0.15) is 12.4 Å². The fraction of sp³-hybridized carbons (Fsp3) is 0.625. The number of nitrogens with one attached hydrogen (secondary N) is 1. The first-order valence-electron chi connectivity index (χ1n) is 7.37. The SMILES string of the molecule is COCCOc1ccc(CN2CC(C)NCC2C)cc1.Cl. The van der Waals surface area contributed by atoms with E-state index in [2.05, 4.69) is 36.2 Å². The number of hydrogen-bond donors (Lipinski definition) is 1. The molecule has 0 aliphatic carbocycles. The highest BCUT2D eigenvalue weighted by molar-refractivity contribution is 5.85. The summed E-state index contributed by atoms with van der Waals surface area (Å²) >= 11 is 0. The summed E-state index contributed by atoms with van der Waals surface area (Å²) < 4.78 is 10.6. The van der Waals surface area contributed by atoms with Crippen molar-refractivity contribution < 1.29 is 9.47 Å². The van der Waals surface area contributed by atoms with Gasteiger partial charge in [-0.1, -0.05) is 12.1 Å². The zero-order chi connectivity index (χ0) is 14.4. The molecule has 1 N–H and O–H groups in total. The first kappa shape index (κ1) is 18.2. The van der Waals surface area contributed by atoms with Crippen LogP contribution in [0.1, 0.15) is 19.4 Å². The maximum atomic E-state index is 5.58. The quantitative estimate of drug-likeness (QED) is 0.817. The Morgan fingerprint density at radius 2 is 1.90 bits per heavy atom. The third kappa shape index (κ3) is 5.83. The molecule has 1 aromatic carbocycles. The van der Waals surface area contributed by atoms with Gasteiger partial charge in [-0.25, -0.2) is 0 Å². The second kappa shape index (κ2) is 9.26. The molecule has 2 rings (SSSR count). The Hall–Kier alpha value is -0.810. The van der Waals surface area contributed by atoms with Crippen LogP contribution in [0.3, 0.4) is 0 Å². The Kier molecular flexibility index (Phi) is 8.04. The van der Waals surface area contributed by atoms with Crippen LogP contribution in [0.15, 0.2) is 24.3 Å². The molecule has 1 saturated heterocycles. The second-order valence-electron chi connectivity index (χ2n) is 5.57. The highest BCUT2D eigenvalue weighted by Gasteiger charge is 2.21. The summed E-state index contributed by atoms with van der Waals surface area (Å²) in [5.41, 5.74) is 1.34. The zero-order valence-corrected chi connectivity index (χ0v) is 14.0. The van der Waals surface area contributed by atoms with E-state index in [9.17, 15) is 0 Å². The summed E-state index contributed by atoms with van der Waals surface area (Å²) in [4.78, 5) is 2.53. The average Bonchev–Trinajstić information content (AvgIpc) is 2.45. The lowest BCUT2D eigenvalue weighted by Crippen LogP contribution is -2.53. The second-order valence-corrected chi connectivity index (χ2v) is 5.57. The molecule has 120 valence electrons. The van der Waals surface area contributed by atoms with Gasteiger partial charge in [-0.05, 0) is 31.5 Å². The molecule has 1 aliphatic rings. The summed E-state index contributed by atoms with van der Waals surface area (Å²) in [6, 6.07) is 9.55. The van der Waals surface area contributed by atoms with Crippen molar-refractivity contribution in [3.05, 3.63) is 29.8 Å². The molecule has 2 unspecified atom stereocenters. The molecule has 0 radical (unpaired) electrons. The van der Waals surface area contributed by atoms with Crippen LogP contribution in [-0.2, 0) is 11.3 Å². The highest BCUT2D eigenvalue weighted by atomic mass is 35.5. The standard InChI is InChI=1S/C16H26N2O2.ClH/c1-13-11-18(14(2)10-17-13)12-15-4-6-16(7-5-15)20-9-8-19-3;/h4-7,13-14,17H,8-12H2,1-3H3;1H. The van der Waals surface area contributed by atoms with Crippen LogP contribution in [0.4, 0.5) is 0 Å². The normalized spacial score (nSPS) is 22.6. The molecular weight excluding hydrogens is 288 g/mol.